The van der Waals surface area contributed by atoms with E-state index in [0.29, 0.717) is 0 Å². The lowest BCUT2D eigenvalue weighted by molar-refractivity contribution is -0.122. The minimum atomic E-state index is -0.175. The lowest BCUT2D eigenvalue weighted by Crippen LogP contribution is -2.39. The summed E-state index contributed by atoms with van der Waals surface area (Å²) in [6, 6.07) is 5.96. The fourth-order valence-corrected chi connectivity index (χ4v) is 2.79. The summed E-state index contributed by atoms with van der Waals surface area (Å²) >= 11 is 6.05. The molecule has 0 bridgehead atoms. The molecule has 0 saturated carbocycles. The maximum Gasteiger partial charge on any atom is 0.220 e. The molecular weight excluding hydrogens is 262 g/mol. The van der Waals surface area contributed by atoms with Crippen LogP contribution in [0.1, 0.15) is 18.4 Å². The standard InChI is InChI=1S/C14H20ClN3O/c1-17-9-11-8-12(15)2-3-13(11)18-6-4-10(5-7-18)14(16)19/h2-3,8,10,17H,4-7,9H2,1H3,(H2,16,19). The van der Waals surface area contributed by atoms with Crippen molar-refractivity contribution in [2.24, 2.45) is 11.7 Å². The van der Waals surface area contributed by atoms with Gasteiger partial charge in [-0.2, -0.15) is 0 Å². The van der Waals surface area contributed by atoms with Crippen LogP contribution in [0.25, 0.3) is 0 Å². The molecule has 0 aliphatic carbocycles. The van der Waals surface area contributed by atoms with Crippen molar-refractivity contribution >= 4 is 23.2 Å². The van der Waals surface area contributed by atoms with Crippen LogP contribution in [0.4, 0.5) is 5.69 Å². The number of piperidine rings is 1. The van der Waals surface area contributed by atoms with Gasteiger partial charge in [-0.15, -0.1) is 0 Å². The van der Waals surface area contributed by atoms with Gasteiger partial charge in [0, 0.05) is 36.3 Å². The van der Waals surface area contributed by atoms with Crippen LogP contribution in [0.3, 0.4) is 0 Å². The van der Waals surface area contributed by atoms with Gasteiger partial charge in [0.1, 0.15) is 0 Å². The number of hydrogen-bond acceptors (Lipinski definition) is 3. The summed E-state index contributed by atoms with van der Waals surface area (Å²) in [5.41, 5.74) is 7.75. The van der Waals surface area contributed by atoms with Gasteiger partial charge in [0.15, 0.2) is 0 Å². The normalized spacial score (nSPS) is 16.6. The van der Waals surface area contributed by atoms with E-state index in [-0.39, 0.29) is 11.8 Å². The van der Waals surface area contributed by atoms with E-state index in [1.54, 1.807) is 0 Å². The Kier molecular flexibility index (Phi) is 4.66. The van der Waals surface area contributed by atoms with E-state index in [1.165, 1.54) is 11.3 Å². The zero-order valence-corrected chi connectivity index (χ0v) is 11.9. The average Bonchev–Trinajstić information content (AvgIpc) is 2.39. The number of halogens is 1. The molecule has 1 aromatic rings. The molecule has 2 rings (SSSR count). The Bertz CT molecular complexity index is 456. The van der Waals surface area contributed by atoms with Crippen LogP contribution in [0.5, 0.6) is 0 Å². The molecule has 1 aromatic carbocycles. The zero-order chi connectivity index (χ0) is 13.8. The van der Waals surface area contributed by atoms with Crippen LogP contribution in [0.15, 0.2) is 18.2 Å². The van der Waals surface area contributed by atoms with Crippen molar-refractivity contribution in [3.63, 3.8) is 0 Å². The highest BCUT2D eigenvalue weighted by Crippen LogP contribution is 2.28. The number of nitrogens with one attached hydrogen (secondary N) is 1. The zero-order valence-electron chi connectivity index (χ0n) is 11.2. The van der Waals surface area contributed by atoms with Crippen LogP contribution in [-0.4, -0.2) is 26.0 Å². The first-order chi connectivity index (χ1) is 9.11. The summed E-state index contributed by atoms with van der Waals surface area (Å²) < 4.78 is 0. The predicted octanol–water partition coefficient (Wildman–Crippen LogP) is 1.76. The summed E-state index contributed by atoms with van der Waals surface area (Å²) in [7, 11) is 1.92. The van der Waals surface area contributed by atoms with Crippen LogP contribution < -0.4 is 16.0 Å². The molecule has 5 heteroatoms. The third kappa shape index (κ3) is 3.39. The first-order valence-corrected chi connectivity index (χ1v) is 6.97. The largest absolute Gasteiger partial charge is 0.371 e. The Labute approximate surface area is 118 Å². The molecule has 1 aliphatic heterocycles. The monoisotopic (exact) mass is 281 g/mol. The van der Waals surface area contributed by atoms with Crippen LogP contribution in [-0.2, 0) is 11.3 Å². The van der Waals surface area contributed by atoms with Crippen molar-refractivity contribution in [1.29, 1.82) is 0 Å². The van der Waals surface area contributed by atoms with E-state index in [9.17, 15) is 4.79 Å². The van der Waals surface area contributed by atoms with E-state index in [4.69, 9.17) is 17.3 Å². The van der Waals surface area contributed by atoms with E-state index < -0.39 is 0 Å². The van der Waals surface area contributed by atoms with Gasteiger partial charge in [-0.3, -0.25) is 4.79 Å². The molecule has 0 spiro atoms. The smallest absolute Gasteiger partial charge is 0.220 e. The molecule has 1 fully saturated rings. The summed E-state index contributed by atoms with van der Waals surface area (Å²) in [4.78, 5) is 13.5. The van der Waals surface area contributed by atoms with Crippen molar-refractivity contribution in [3.8, 4) is 0 Å². The van der Waals surface area contributed by atoms with Gasteiger partial charge < -0.3 is 16.0 Å². The molecule has 1 heterocycles. The van der Waals surface area contributed by atoms with Gasteiger partial charge in [-0.25, -0.2) is 0 Å². The van der Waals surface area contributed by atoms with Crippen LogP contribution in [0, 0.1) is 5.92 Å². The third-order valence-corrected chi connectivity index (χ3v) is 3.88. The molecule has 1 amide bonds. The highest BCUT2D eigenvalue weighted by atomic mass is 35.5. The number of carbonyl (C=O) groups is 1. The van der Waals surface area contributed by atoms with Gasteiger partial charge in [0.25, 0.3) is 0 Å². The maximum atomic E-state index is 11.2. The first kappa shape index (κ1) is 14.2. The SMILES string of the molecule is CNCc1cc(Cl)ccc1N1CCC(C(N)=O)CC1. The fraction of sp³-hybridized carbons (Fsp3) is 0.500. The van der Waals surface area contributed by atoms with Gasteiger partial charge in [-0.1, -0.05) is 11.6 Å². The second-order valence-electron chi connectivity index (χ2n) is 4.97. The minimum Gasteiger partial charge on any atom is -0.371 e. The van der Waals surface area contributed by atoms with Crippen molar-refractivity contribution in [2.45, 2.75) is 19.4 Å². The van der Waals surface area contributed by atoms with Crippen molar-refractivity contribution < 1.29 is 4.79 Å². The second kappa shape index (κ2) is 6.26. The topological polar surface area (TPSA) is 58.4 Å². The molecule has 0 unspecified atom stereocenters. The van der Waals surface area contributed by atoms with Gasteiger partial charge in [0.05, 0.1) is 0 Å². The molecule has 4 nitrogen and oxygen atoms in total. The molecule has 0 radical (unpaired) electrons. The Morgan fingerprint density at radius 1 is 1.47 bits per heavy atom. The predicted molar refractivity (Wildman–Crippen MR) is 78.3 cm³/mol. The summed E-state index contributed by atoms with van der Waals surface area (Å²) in [6.45, 7) is 2.52. The molecule has 0 aromatic heterocycles. The summed E-state index contributed by atoms with van der Waals surface area (Å²) in [5, 5.41) is 3.91. The second-order valence-corrected chi connectivity index (χ2v) is 5.40. The lowest BCUT2D eigenvalue weighted by atomic mass is 9.95. The molecule has 19 heavy (non-hydrogen) atoms. The third-order valence-electron chi connectivity index (χ3n) is 3.65. The van der Waals surface area contributed by atoms with Gasteiger partial charge >= 0.3 is 0 Å². The van der Waals surface area contributed by atoms with Crippen LogP contribution in [0.2, 0.25) is 5.02 Å². The van der Waals surface area contributed by atoms with E-state index in [0.717, 1.165) is 37.5 Å². The van der Waals surface area contributed by atoms with Crippen molar-refractivity contribution in [1.82, 2.24) is 5.32 Å². The Balaban J connectivity index is 2.12. The number of amides is 1. The highest BCUT2D eigenvalue weighted by Gasteiger charge is 2.24. The molecular formula is C14H20ClN3O. The average molecular weight is 282 g/mol. The number of hydrogen-bond donors (Lipinski definition) is 2. The van der Waals surface area contributed by atoms with Crippen molar-refractivity contribution in [3.05, 3.63) is 28.8 Å². The number of primary amides is 1. The Hall–Kier alpha value is -1.26. The molecule has 104 valence electrons. The number of anilines is 1. The molecule has 1 saturated heterocycles. The molecule has 1 aliphatic rings. The minimum absolute atomic E-state index is 0.0244. The Morgan fingerprint density at radius 2 is 2.16 bits per heavy atom. The quantitative estimate of drug-likeness (QED) is 0.884. The number of benzene rings is 1. The van der Waals surface area contributed by atoms with Crippen LogP contribution >= 0.6 is 11.6 Å². The maximum absolute atomic E-state index is 11.2. The van der Waals surface area contributed by atoms with E-state index >= 15 is 0 Å². The first-order valence-electron chi connectivity index (χ1n) is 6.59. The molecule has 0 atom stereocenters. The summed E-state index contributed by atoms with van der Waals surface area (Å²) in [5.74, 6) is -0.150. The lowest BCUT2D eigenvalue weighted by Gasteiger charge is -2.33. The van der Waals surface area contributed by atoms with Gasteiger partial charge in [0.2, 0.25) is 5.91 Å². The Morgan fingerprint density at radius 3 is 2.74 bits per heavy atom. The number of nitrogens with zero attached hydrogens (tertiary/aromatic N) is 1. The highest BCUT2D eigenvalue weighted by molar-refractivity contribution is 6.30. The van der Waals surface area contributed by atoms with Gasteiger partial charge in [-0.05, 0) is 43.7 Å². The molecule has 3 N–H and O–H groups in total. The van der Waals surface area contributed by atoms with Crippen molar-refractivity contribution in [2.75, 3.05) is 25.0 Å². The number of rotatable bonds is 4. The summed E-state index contributed by atoms with van der Waals surface area (Å²) in [6.07, 6.45) is 1.66. The number of carbonyl (C=O) groups excluding carboxylic acids is 1. The number of nitrogens with two attached hydrogens (primary N) is 1. The fourth-order valence-electron chi connectivity index (χ4n) is 2.60. The van der Waals surface area contributed by atoms with E-state index in [1.807, 2.05) is 19.2 Å². The van der Waals surface area contributed by atoms with E-state index in [2.05, 4.69) is 16.3 Å².